The van der Waals surface area contributed by atoms with E-state index in [1.54, 1.807) is 36.3 Å². The first-order valence-electron chi connectivity index (χ1n) is 10.2. The molecule has 5 rings (SSSR count). The molecule has 6 heteroatoms. The van der Waals surface area contributed by atoms with E-state index in [1.165, 1.54) is 4.90 Å². The molecule has 0 radical (unpaired) electrons. The number of pyridine rings is 2. The highest BCUT2D eigenvalue weighted by Gasteiger charge is 2.36. The summed E-state index contributed by atoms with van der Waals surface area (Å²) >= 11 is 1.69. The van der Waals surface area contributed by atoms with Crippen molar-refractivity contribution in [3.63, 3.8) is 0 Å². The van der Waals surface area contributed by atoms with Gasteiger partial charge < -0.3 is 9.47 Å². The molecule has 0 unspecified atom stereocenters. The van der Waals surface area contributed by atoms with Crippen LogP contribution in [0.2, 0.25) is 0 Å². The zero-order valence-corrected chi connectivity index (χ0v) is 17.6. The fourth-order valence-corrected chi connectivity index (χ4v) is 5.19. The maximum absolute atomic E-state index is 13.3. The topological polar surface area (TPSA) is 55.2 Å². The fraction of sp³-hybridized carbons (Fsp3) is 0.292. The minimum Gasteiger partial charge on any atom is -0.338 e. The minimum atomic E-state index is 0.0494. The standard InChI is InChI=1S/C24H23N3O2S/c1-30-20-4-2-17(3-5-20)21-6-7-22-19-12-16(14-27(22)24(21)29)13-26(15-19)23(28)18-8-10-25-11-9-18/h2-11,16,19H,12-15H2,1H3/t16-,19+/m0/s1. The van der Waals surface area contributed by atoms with Gasteiger partial charge in [0, 0.05) is 59.7 Å². The second-order valence-corrected chi connectivity index (χ2v) is 8.94. The van der Waals surface area contributed by atoms with Crippen molar-refractivity contribution in [3.05, 3.63) is 82.5 Å². The van der Waals surface area contributed by atoms with E-state index in [-0.39, 0.29) is 17.4 Å². The molecule has 5 nitrogen and oxygen atoms in total. The van der Waals surface area contributed by atoms with Gasteiger partial charge in [-0.2, -0.15) is 0 Å². The summed E-state index contributed by atoms with van der Waals surface area (Å²) < 4.78 is 1.95. The number of carbonyl (C=O) groups is 1. The van der Waals surface area contributed by atoms with Crippen molar-refractivity contribution in [2.24, 2.45) is 5.92 Å². The molecule has 152 valence electrons. The van der Waals surface area contributed by atoms with Crippen molar-refractivity contribution in [1.82, 2.24) is 14.5 Å². The summed E-state index contributed by atoms with van der Waals surface area (Å²) in [4.78, 5) is 33.4. The Morgan fingerprint density at radius 3 is 2.50 bits per heavy atom. The number of rotatable bonds is 3. The van der Waals surface area contributed by atoms with Crippen LogP contribution in [0.15, 0.2) is 70.6 Å². The van der Waals surface area contributed by atoms with E-state index < -0.39 is 0 Å². The number of aromatic nitrogens is 2. The lowest BCUT2D eigenvalue weighted by atomic mass is 9.82. The average molecular weight is 418 g/mol. The summed E-state index contributed by atoms with van der Waals surface area (Å²) in [6.45, 7) is 2.01. The highest BCUT2D eigenvalue weighted by Crippen LogP contribution is 2.36. The van der Waals surface area contributed by atoms with E-state index in [0.717, 1.165) is 23.2 Å². The van der Waals surface area contributed by atoms with Gasteiger partial charge in [-0.15, -0.1) is 11.8 Å². The Hall–Kier alpha value is -2.86. The van der Waals surface area contributed by atoms with Crippen LogP contribution < -0.4 is 5.56 Å². The Kier molecular flexibility index (Phi) is 4.95. The molecule has 0 spiro atoms. The van der Waals surface area contributed by atoms with E-state index in [4.69, 9.17) is 0 Å². The predicted molar refractivity (Wildman–Crippen MR) is 119 cm³/mol. The van der Waals surface area contributed by atoms with Crippen molar-refractivity contribution >= 4 is 17.7 Å². The summed E-state index contributed by atoms with van der Waals surface area (Å²) in [5, 5.41) is 0. The van der Waals surface area contributed by atoms with Crippen LogP contribution in [0.5, 0.6) is 0 Å². The fourth-order valence-electron chi connectivity index (χ4n) is 4.78. The number of carbonyl (C=O) groups excluding carboxylic acids is 1. The molecule has 0 aliphatic carbocycles. The van der Waals surface area contributed by atoms with Crippen molar-refractivity contribution < 1.29 is 4.79 Å². The third kappa shape index (κ3) is 3.35. The molecule has 2 aromatic heterocycles. The maximum atomic E-state index is 13.3. The predicted octanol–water partition coefficient (Wildman–Crippen LogP) is 3.89. The lowest BCUT2D eigenvalue weighted by Crippen LogP contribution is -2.49. The molecule has 0 N–H and O–H groups in total. The number of piperidine rings is 1. The van der Waals surface area contributed by atoms with Gasteiger partial charge in [0.05, 0.1) is 0 Å². The van der Waals surface area contributed by atoms with Crippen LogP contribution in [0.1, 0.15) is 28.4 Å². The number of nitrogens with zero attached hydrogens (tertiary/aromatic N) is 3. The van der Waals surface area contributed by atoms with E-state index in [1.807, 2.05) is 33.9 Å². The van der Waals surface area contributed by atoms with Gasteiger partial charge >= 0.3 is 0 Å². The lowest BCUT2D eigenvalue weighted by Gasteiger charge is -2.43. The number of thioether (sulfide) groups is 1. The van der Waals surface area contributed by atoms with Gasteiger partial charge in [0.2, 0.25) is 0 Å². The SMILES string of the molecule is CSc1ccc(-c2ccc3n(c2=O)C[C@H]2C[C@@H]3CN(C(=O)c3ccncc3)C2)cc1. The Bertz CT molecular complexity index is 1140. The average Bonchev–Trinajstić information content (AvgIpc) is 2.80. The minimum absolute atomic E-state index is 0.0494. The Labute approximate surface area is 179 Å². The van der Waals surface area contributed by atoms with Crippen LogP contribution in [-0.4, -0.2) is 39.7 Å². The van der Waals surface area contributed by atoms with Gasteiger partial charge in [0.25, 0.3) is 11.5 Å². The van der Waals surface area contributed by atoms with Gasteiger partial charge in [-0.1, -0.05) is 12.1 Å². The molecule has 1 fully saturated rings. The Morgan fingerprint density at radius 2 is 1.77 bits per heavy atom. The van der Waals surface area contributed by atoms with Crippen molar-refractivity contribution in [1.29, 1.82) is 0 Å². The van der Waals surface area contributed by atoms with Crippen molar-refractivity contribution in [3.8, 4) is 11.1 Å². The van der Waals surface area contributed by atoms with Crippen LogP contribution in [-0.2, 0) is 6.54 Å². The molecule has 2 atom stereocenters. The van der Waals surface area contributed by atoms with E-state index >= 15 is 0 Å². The first-order valence-corrected chi connectivity index (χ1v) is 11.4. The quantitative estimate of drug-likeness (QED) is 0.607. The zero-order chi connectivity index (χ0) is 20.7. The van der Waals surface area contributed by atoms with Crippen LogP contribution in [0.3, 0.4) is 0 Å². The summed E-state index contributed by atoms with van der Waals surface area (Å²) in [5.74, 6) is 0.547. The van der Waals surface area contributed by atoms with Gasteiger partial charge in [0.15, 0.2) is 0 Å². The number of fused-ring (bicyclic) bond motifs is 4. The molecule has 4 heterocycles. The van der Waals surface area contributed by atoms with Crippen LogP contribution in [0.25, 0.3) is 11.1 Å². The number of amides is 1. The van der Waals surface area contributed by atoms with Gasteiger partial charge in [-0.25, -0.2) is 0 Å². The zero-order valence-electron chi connectivity index (χ0n) is 16.8. The highest BCUT2D eigenvalue weighted by atomic mass is 32.2. The molecule has 1 aromatic carbocycles. The molecule has 2 aliphatic rings. The van der Waals surface area contributed by atoms with Gasteiger partial charge in [-0.3, -0.25) is 14.6 Å². The number of hydrogen-bond donors (Lipinski definition) is 0. The van der Waals surface area contributed by atoms with Crippen molar-refractivity contribution in [2.45, 2.75) is 23.8 Å². The summed E-state index contributed by atoms with van der Waals surface area (Å²) in [6, 6.07) is 15.7. The smallest absolute Gasteiger partial charge is 0.258 e. The molecule has 1 saturated heterocycles. The molecule has 30 heavy (non-hydrogen) atoms. The van der Waals surface area contributed by atoms with Crippen molar-refractivity contribution in [2.75, 3.05) is 19.3 Å². The Morgan fingerprint density at radius 1 is 1.00 bits per heavy atom. The Balaban J connectivity index is 1.45. The largest absolute Gasteiger partial charge is 0.338 e. The number of hydrogen-bond acceptors (Lipinski definition) is 4. The van der Waals surface area contributed by atoms with E-state index in [9.17, 15) is 9.59 Å². The highest BCUT2D eigenvalue weighted by molar-refractivity contribution is 7.98. The monoisotopic (exact) mass is 417 g/mol. The second-order valence-electron chi connectivity index (χ2n) is 8.06. The molecule has 0 saturated carbocycles. The third-order valence-electron chi connectivity index (χ3n) is 6.22. The molecule has 3 aromatic rings. The van der Waals surface area contributed by atoms with Crippen LogP contribution in [0, 0.1) is 5.92 Å². The molecule has 1 amide bonds. The maximum Gasteiger partial charge on any atom is 0.258 e. The summed E-state index contributed by atoms with van der Waals surface area (Å²) in [7, 11) is 0. The second kappa shape index (κ2) is 7.76. The molecular weight excluding hydrogens is 394 g/mol. The molecule has 2 bridgehead atoms. The van der Waals surface area contributed by atoms with Gasteiger partial charge in [-0.05, 0) is 60.6 Å². The number of benzene rings is 1. The normalized spacial score (nSPS) is 20.0. The third-order valence-corrected chi connectivity index (χ3v) is 6.96. The van der Waals surface area contributed by atoms with E-state index in [0.29, 0.717) is 31.1 Å². The molecule has 2 aliphatic heterocycles. The number of likely N-dealkylation sites (tertiary alicyclic amines) is 1. The first-order chi connectivity index (χ1) is 14.6. The summed E-state index contributed by atoms with van der Waals surface area (Å²) in [6.07, 6.45) is 6.38. The summed E-state index contributed by atoms with van der Waals surface area (Å²) in [5.41, 5.74) is 3.50. The molecular formula is C24H23N3O2S. The van der Waals surface area contributed by atoms with Crippen LogP contribution >= 0.6 is 11.8 Å². The van der Waals surface area contributed by atoms with Gasteiger partial charge in [0.1, 0.15) is 0 Å². The lowest BCUT2D eigenvalue weighted by molar-refractivity contribution is 0.0594. The van der Waals surface area contributed by atoms with Crippen LogP contribution in [0.4, 0.5) is 0 Å². The van der Waals surface area contributed by atoms with E-state index in [2.05, 4.69) is 23.2 Å². The first kappa shape index (κ1) is 19.1.